The van der Waals surface area contributed by atoms with Gasteiger partial charge >= 0.3 is 0 Å². The molecule has 0 aromatic carbocycles. The predicted molar refractivity (Wildman–Crippen MR) is 97.1 cm³/mol. The Balaban J connectivity index is 0.00000361. The summed E-state index contributed by atoms with van der Waals surface area (Å²) < 4.78 is 5.06. The van der Waals surface area contributed by atoms with Crippen LogP contribution >= 0.6 is 24.0 Å². The summed E-state index contributed by atoms with van der Waals surface area (Å²) in [4.78, 5) is 7.18. The van der Waals surface area contributed by atoms with Crippen LogP contribution in [0.15, 0.2) is 4.99 Å². The molecule has 0 aliphatic carbocycles. The van der Waals surface area contributed by atoms with Crippen molar-refractivity contribution < 1.29 is 4.74 Å². The highest BCUT2D eigenvalue weighted by atomic mass is 127. The molecular weight excluding hydrogens is 365 g/mol. The number of ether oxygens (including phenoxy) is 1. The summed E-state index contributed by atoms with van der Waals surface area (Å²) in [6, 6.07) is 0. The van der Waals surface area contributed by atoms with E-state index in [1.165, 1.54) is 19.3 Å². The van der Waals surface area contributed by atoms with Gasteiger partial charge in [-0.1, -0.05) is 6.92 Å². The van der Waals surface area contributed by atoms with E-state index in [1.54, 1.807) is 7.11 Å². The molecule has 1 heterocycles. The zero-order valence-electron chi connectivity index (χ0n) is 13.4. The highest BCUT2D eigenvalue weighted by molar-refractivity contribution is 14.0. The Morgan fingerprint density at radius 2 is 2.15 bits per heavy atom. The smallest absolute Gasteiger partial charge is 0.193 e. The minimum atomic E-state index is 0. The van der Waals surface area contributed by atoms with Gasteiger partial charge in [0.1, 0.15) is 0 Å². The van der Waals surface area contributed by atoms with E-state index in [1.807, 2.05) is 0 Å². The van der Waals surface area contributed by atoms with Gasteiger partial charge in [0.2, 0.25) is 0 Å². The summed E-state index contributed by atoms with van der Waals surface area (Å²) >= 11 is 0. The number of piperidine rings is 1. The second kappa shape index (κ2) is 12.7. The largest absolute Gasteiger partial charge is 0.385 e. The van der Waals surface area contributed by atoms with Gasteiger partial charge in [-0.05, 0) is 44.9 Å². The van der Waals surface area contributed by atoms with E-state index >= 15 is 0 Å². The SMILES string of the molecule is CCNC(=NCCCCCOC)N1CCCC(C)C1.I. The lowest BCUT2D eigenvalue weighted by atomic mass is 10.0. The first-order valence-corrected chi connectivity index (χ1v) is 7.80. The zero-order chi connectivity index (χ0) is 13.9. The number of guanidine groups is 1. The van der Waals surface area contributed by atoms with Crippen LogP contribution in [0.1, 0.15) is 46.0 Å². The Hall–Kier alpha value is -0.0400. The number of rotatable bonds is 7. The number of unbranched alkanes of at least 4 members (excludes halogenated alkanes) is 2. The maximum atomic E-state index is 5.06. The highest BCUT2D eigenvalue weighted by Gasteiger charge is 2.18. The van der Waals surface area contributed by atoms with Crippen LogP contribution < -0.4 is 5.32 Å². The van der Waals surface area contributed by atoms with E-state index < -0.39 is 0 Å². The van der Waals surface area contributed by atoms with Crippen LogP contribution in [0.5, 0.6) is 0 Å². The van der Waals surface area contributed by atoms with E-state index in [4.69, 9.17) is 9.73 Å². The Morgan fingerprint density at radius 1 is 1.35 bits per heavy atom. The highest BCUT2D eigenvalue weighted by Crippen LogP contribution is 2.15. The van der Waals surface area contributed by atoms with Crippen molar-refractivity contribution in [1.82, 2.24) is 10.2 Å². The third-order valence-electron chi connectivity index (χ3n) is 3.56. The van der Waals surface area contributed by atoms with Gasteiger partial charge in [-0.15, -0.1) is 24.0 Å². The minimum Gasteiger partial charge on any atom is -0.385 e. The Bertz CT molecular complexity index is 262. The Kier molecular flexibility index (Phi) is 12.7. The van der Waals surface area contributed by atoms with Crippen molar-refractivity contribution in [2.24, 2.45) is 10.9 Å². The lowest BCUT2D eigenvalue weighted by molar-refractivity contribution is 0.192. The molecule has 5 heteroatoms. The molecule has 1 rings (SSSR count). The molecule has 0 aromatic rings. The molecule has 0 aromatic heterocycles. The van der Waals surface area contributed by atoms with Crippen LogP contribution in [-0.4, -0.2) is 50.8 Å². The second-order valence-corrected chi connectivity index (χ2v) is 5.48. The van der Waals surface area contributed by atoms with Gasteiger partial charge < -0.3 is 15.0 Å². The monoisotopic (exact) mass is 397 g/mol. The van der Waals surface area contributed by atoms with Gasteiger partial charge in [-0.3, -0.25) is 4.99 Å². The first-order valence-electron chi connectivity index (χ1n) is 7.80. The first kappa shape index (κ1) is 20.0. The molecule has 1 unspecified atom stereocenters. The number of nitrogens with one attached hydrogen (secondary N) is 1. The van der Waals surface area contributed by atoms with Gasteiger partial charge in [0, 0.05) is 39.9 Å². The van der Waals surface area contributed by atoms with Crippen LogP contribution in [0.4, 0.5) is 0 Å². The third-order valence-corrected chi connectivity index (χ3v) is 3.56. The lowest BCUT2D eigenvalue weighted by Crippen LogP contribution is -2.46. The molecule has 0 radical (unpaired) electrons. The number of aliphatic imine (C=N–C) groups is 1. The van der Waals surface area contributed by atoms with E-state index in [0.717, 1.165) is 57.5 Å². The molecule has 0 saturated carbocycles. The molecule has 1 saturated heterocycles. The van der Waals surface area contributed by atoms with Crippen LogP contribution in [0.25, 0.3) is 0 Å². The molecule has 120 valence electrons. The molecule has 0 spiro atoms. The normalized spacial score (nSPS) is 19.6. The zero-order valence-corrected chi connectivity index (χ0v) is 15.7. The van der Waals surface area contributed by atoms with Crippen molar-refractivity contribution in [1.29, 1.82) is 0 Å². The van der Waals surface area contributed by atoms with Crippen LogP contribution in [0.2, 0.25) is 0 Å². The summed E-state index contributed by atoms with van der Waals surface area (Å²) in [7, 11) is 1.76. The van der Waals surface area contributed by atoms with Crippen molar-refractivity contribution in [2.75, 3.05) is 39.9 Å². The van der Waals surface area contributed by atoms with Gasteiger partial charge in [-0.25, -0.2) is 0 Å². The van der Waals surface area contributed by atoms with Crippen molar-refractivity contribution in [2.45, 2.75) is 46.0 Å². The number of halogens is 1. The average Bonchev–Trinajstić information content (AvgIpc) is 2.41. The Morgan fingerprint density at radius 3 is 2.80 bits per heavy atom. The summed E-state index contributed by atoms with van der Waals surface area (Å²) in [5, 5.41) is 3.43. The first-order chi connectivity index (χ1) is 9.27. The van der Waals surface area contributed by atoms with E-state index in [-0.39, 0.29) is 24.0 Å². The predicted octanol–water partition coefficient (Wildman–Crippen LogP) is 3.12. The third kappa shape index (κ3) is 8.29. The maximum absolute atomic E-state index is 5.06. The van der Waals surface area contributed by atoms with Crippen LogP contribution in [0.3, 0.4) is 0 Å². The van der Waals surface area contributed by atoms with Crippen LogP contribution in [0, 0.1) is 5.92 Å². The summed E-state index contributed by atoms with van der Waals surface area (Å²) in [6.07, 6.45) is 6.14. The molecule has 1 fully saturated rings. The number of likely N-dealkylation sites (tertiary alicyclic amines) is 1. The standard InChI is InChI=1S/C15H31N3O.HI/c1-4-16-15(17-10-6-5-7-12-19-3)18-11-8-9-14(2)13-18;/h14H,4-13H2,1-3H3,(H,16,17);1H. The number of hydrogen-bond acceptors (Lipinski definition) is 2. The van der Waals surface area contributed by atoms with Crippen molar-refractivity contribution in [3.8, 4) is 0 Å². The molecule has 0 bridgehead atoms. The molecule has 0 amide bonds. The molecule has 1 aliphatic heterocycles. The minimum absolute atomic E-state index is 0. The van der Waals surface area contributed by atoms with Crippen molar-refractivity contribution in [3.05, 3.63) is 0 Å². The van der Waals surface area contributed by atoms with Crippen molar-refractivity contribution in [3.63, 3.8) is 0 Å². The van der Waals surface area contributed by atoms with E-state index in [2.05, 4.69) is 24.1 Å². The topological polar surface area (TPSA) is 36.9 Å². The fourth-order valence-corrected chi connectivity index (χ4v) is 2.53. The molecule has 1 atom stereocenters. The number of methoxy groups -OCH3 is 1. The summed E-state index contributed by atoms with van der Waals surface area (Å²) in [6.45, 7) is 9.52. The second-order valence-electron chi connectivity index (χ2n) is 5.48. The van der Waals surface area contributed by atoms with Gasteiger partial charge in [-0.2, -0.15) is 0 Å². The molecule has 1 N–H and O–H groups in total. The molecule has 4 nitrogen and oxygen atoms in total. The van der Waals surface area contributed by atoms with E-state index in [9.17, 15) is 0 Å². The summed E-state index contributed by atoms with van der Waals surface area (Å²) in [5.41, 5.74) is 0. The molecule has 1 aliphatic rings. The van der Waals surface area contributed by atoms with E-state index in [0.29, 0.717) is 0 Å². The summed E-state index contributed by atoms with van der Waals surface area (Å²) in [5.74, 6) is 1.90. The van der Waals surface area contributed by atoms with Gasteiger partial charge in [0.05, 0.1) is 0 Å². The Labute approximate surface area is 141 Å². The average molecular weight is 397 g/mol. The molecular formula is C15H32IN3O. The van der Waals surface area contributed by atoms with Crippen LogP contribution in [-0.2, 0) is 4.74 Å². The fourth-order valence-electron chi connectivity index (χ4n) is 2.53. The molecule has 20 heavy (non-hydrogen) atoms. The quantitative estimate of drug-likeness (QED) is 0.311. The number of nitrogens with zero attached hydrogens (tertiary/aromatic N) is 2. The number of hydrogen-bond donors (Lipinski definition) is 1. The van der Waals surface area contributed by atoms with Gasteiger partial charge in [0.15, 0.2) is 5.96 Å². The maximum Gasteiger partial charge on any atom is 0.193 e. The lowest BCUT2D eigenvalue weighted by Gasteiger charge is -2.33. The van der Waals surface area contributed by atoms with Crippen molar-refractivity contribution >= 4 is 29.9 Å². The fraction of sp³-hybridized carbons (Fsp3) is 0.933. The van der Waals surface area contributed by atoms with Gasteiger partial charge in [0.25, 0.3) is 0 Å².